The zero-order valence-corrected chi connectivity index (χ0v) is 11.3. The standard InChI is InChI=1S/C13H20N4O2/c1-16-7-5-9(6-8-16)17(2)12-10(14)3-4-11(15-12)13(18)19/h3-4,9H,5-8,14H2,1-2H3,(H,18,19). The Morgan fingerprint density at radius 2 is 2.11 bits per heavy atom. The molecule has 0 aliphatic carbocycles. The van der Waals surface area contributed by atoms with Crippen LogP contribution >= 0.6 is 0 Å². The molecule has 1 fully saturated rings. The van der Waals surface area contributed by atoms with Gasteiger partial charge in [0.05, 0.1) is 5.69 Å². The van der Waals surface area contributed by atoms with Crippen LogP contribution in [0.1, 0.15) is 23.3 Å². The molecule has 1 aliphatic heterocycles. The first kappa shape index (κ1) is 13.6. The molecular weight excluding hydrogens is 244 g/mol. The maximum absolute atomic E-state index is 11.0. The second-order valence-corrected chi connectivity index (χ2v) is 5.06. The summed E-state index contributed by atoms with van der Waals surface area (Å²) in [5.74, 6) is -0.465. The number of nitrogens with zero attached hydrogens (tertiary/aromatic N) is 3. The molecule has 0 radical (unpaired) electrons. The molecule has 6 heteroatoms. The average molecular weight is 264 g/mol. The minimum Gasteiger partial charge on any atom is -0.477 e. The molecule has 2 rings (SSSR count). The lowest BCUT2D eigenvalue weighted by atomic mass is 10.0. The van der Waals surface area contributed by atoms with E-state index in [0.29, 0.717) is 17.5 Å². The van der Waals surface area contributed by atoms with Gasteiger partial charge in [-0.05, 0) is 45.1 Å². The van der Waals surface area contributed by atoms with Gasteiger partial charge in [-0.3, -0.25) is 0 Å². The predicted octanol–water partition coefficient (Wildman–Crippen LogP) is 0.892. The van der Waals surface area contributed by atoms with Gasteiger partial charge in [0.25, 0.3) is 0 Å². The number of pyridine rings is 1. The summed E-state index contributed by atoms with van der Waals surface area (Å²) >= 11 is 0. The van der Waals surface area contributed by atoms with Gasteiger partial charge in [0.2, 0.25) is 0 Å². The second-order valence-electron chi connectivity index (χ2n) is 5.06. The van der Waals surface area contributed by atoms with Gasteiger partial charge in [-0.1, -0.05) is 0 Å². The second kappa shape index (κ2) is 5.44. The van der Waals surface area contributed by atoms with Crippen molar-refractivity contribution in [2.75, 3.05) is 37.8 Å². The molecule has 1 aliphatic rings. The van der Waals surface area contributed by atoms with Crippen molar-refractivity contribution in [2.45, 2.75) is 18.9 Å². The van der Waals surface area contributed by atoms with E-state index in [9.17, 15) is 4.79 Å². The summed E-state index contributed by atoms with van der Waals surface area (Å²) in [7, 11) is 4.04. The smallest absolute Gasteiger partial charge is 0.354 e. The zero-order valence-electron chi connectivity index (χ0n) is 11.3. The fourth-order valence-corrected chi connectivity index (χ4v) is 2.42. The zero-order chi connectivity index (χ0) is 14.0. The van der Waals surface area contributed by atoms with Gasteiger partial charge in [-0.25, -0.2) is 9.78 Å². The molecule has 0 spiro atoms. The van der Waals surface area contributed by atoms with Crippen molar-refractivity contribution < 1.29 is 9.90 Å². The number of carboxylic acids is 1. The van der Waals surface area contributed by atoms with E-state index in [1.807, 2.05) is 11.9 Å². The number of anilines is 2. The number of aromatic nitrogens is 1. The van der Waals surface area contributed by atoms with E-state index in [1.54, 1.807) is 6.07 Å². The van der Waals surface area contributed by atoms with Crippen LogP contribution in [-0.2, 0) is 0 Å². The van der Waals surface area contributed by atoms with Crippen LogP contribution in [0.3, 0.4) is 0 Å². The number of nitrogens with two attached hydrogens (primary N) is 1. The molecule has 19 heavy (non-hydrogen) atoms. The molecule has 0 amide bonds. The first-order valence-electron chi connectivity index (χ1n) is 6.40. The lowest BCUT2D eigenvalue weighted by Crippen LogP contribution is -2.42. The van der Waals surface area contributed by atoms with Gasteiger partial charge in [-0.15, -0.1) is 0 Å². The third-order valence-corrected chi connectivity index (χ3v) is 3.69. The fraction of sp³-hybridized carbons (Fsp3) is 0.538. The summed E-state index contributed by atoms with van der Waals surface area (Å²) in [5, 5.41) is 9.00. The largest absolute Gasteiger partial charge is 0.477 e. The Morgan fingerprint density at radius 1 is 1.47 bits per heavy atom. The molecule has 0 atom stereocenters. The summed E-state index contributed by atoms with van der Waals surface area (Å²) in [6, 6.07) is 3.40. The maximum atomic E-state index is 11.0. The Bertz CT molecular complexity index is 470. The van der Waals surface area contributed by atoms with Crippen LogP contribution in [0.4, 0.5) is 11.5 Å². The first-order chi connectivity index (χ1) is 8.99. The van der Waals surface area contributed by atoms with Gasteiger partial charge >= 0.3 is 5.97 Å². The van der Waals surface area contributed by atoms with Gasteiger partial charge in [0.1, 0.15) is 0 Å². The molecule has 0 saturated carbocycles. The van der Waals surface area contributed by atoms with Crippen LogP contribution in [0.15, 0.2) is 12.1 Å². The van der Waals surface area contributed by atoms with E-state index in [0.717, 1.165) is 25.9 Å². The highest BCUT2D eigenvalue weighted by Crippen LogP contribution is 2.25. The Hall–Kier alpha value is -1.82. The van der Waals surface area contributed by atoms with E-state index in [1.165, 1.54) is 6.07 Å². The molecule has 3 N–H and O–H groups in total. The lowest BCUT2D eigenvalue weighted by Gasteiger charge is -2.36. The van der Waals surface area contributed by atoms with E-state index in [-0.39, 0.29) is 5.69 Å². The highest BCUT2D eigenvalue weighted by Gasteiger charge is 2.23. The highest BCUT2D eigenvalue weighted by molar-refractivity contribution is 5.87. The van der Waals surface area contributed by atoms with Crippen LogP contribution in [0, 0.1) is 0 Å². The van der Waals surface area contributed by atoms with Crippen molar-refractivity contribution in [3.8, 4) is 0 Å². The third kappa shape index (κ3) is 2.96. The molecule has 0 unspecified atom stereocenters. The number of aromatic carboxylic acids is 1. The van der Waals surface area contributed by atoms with Crippen LogP contribution in [0.5, 0.6) is 0 Å². The molecule has 2 heterocycles. The first-order valence-corrected chi connectivity index (χ1v) is 6.40. The minimum absolute atomic E-state index is 0.0315. The van der Waals surface area contributed by atoms with Gasteiger partial charge in [0.15, 0.2) is 11.5 Å². The number of rotatable bonds is 3. The molecule has 1 aromatic rings. The molecule has 0 aromatic carbocycles. The van der Waals surface area contributed by atoms with Crippen LogP contribution in [-0.4, -0.2) is 54.2 Å². The number of hydrogen-bond donors (Lipinski definition) is 2. The van der Waals surface area contributed by atoms with Crippen molar-refractivity contribution >= 4 is 17.5 Å². The van der Waals surface area contributed by atoms with Crippen molar-refractivity contribution in [3.05, 3.63) is 17.8 Å². The maximum Gasteiger partial charge on any atom is 0.354 e. The van der Waals surface area contributed by atoms with Crippen molar-refractivity contribution in [3.63, 3.8) is 0 Å². The van der Waals surface area contributed by atoms with Crippen molar-refractivity contribution in [1.82, 2.24) is 9.88 Å². The van der Waals surface area contributed by atoms with Crippen molar-refractivity contribution in [2.24, 2.45) is 0 Å². The number of nitrogen functional groups attached to an aromatic ring is 1. The number of likely N-dealkylation sites (tertiary alicyclic amines) is 1. The van der Waals surface area contributed by atoms with Crippen LogP contribution in [0.2, 0.25) is 0 Å². The number of carbonyl (C=O) groups is 1. The van der Waals surface area contributed by atoms with Crippen LogP contribution in [0.25, 0.3) is 0 Å². The van der Waals surface area contributed by atoms with E-state index in [4.69, 9.17) is 10.8 Å². The summed E-state index contributed by atoms with van der Waals surface area (Å²) in [6.07, 6.45) is 2.07. The Balaban J connectivity index is 2.20. The molecule has 6 nitrogen and oxygen atoms in total. The molecule has 1 aromatic heterocycles. The summed E-state index contributed by atoms with van der Waals surface area (Å²) in [6.45, 7) is 2.07. The predicted molar refractivity (Wildman–Crippen MR) is 74.5 cm³/mol. The average Bonchev–Trinajstić information content (AvgIpc) is 2.39. The third-order valence-electron chi connectivity index (χ3n) is 3.69. The van der Waals surface area contributed by atoms with Gasteiger partial charge in [-0.2, -0.15) is 0 Å². The fourth-order valence-electron chi connectivity index (χ4n) is 2.42. The Kier molecular flexibility index (Phi) is 3.90. The molecular formula is C13H20N4O2. The topological polar surface area (TPSA) is 82.7 Å². The van der Waals surface area contributed by atoms with Crippen molar-refractivity contribution in [1.29, 1.82) is 0 Å². The summed E-state index contributed by atoms with van der Waals surface area (Å²) in [4.78, 5) is 19.4. The SMILES string of the molecule is CN1CCC(N(C)c2nc(C(=O)O)ccc2N)CC1. The summed E-state index contributed by atoms with van der Waals surface area (Å²) < 4.78 is 0. The summed E-state index contributed by atoms with van der Waals surface area (Å²) in [5.41, 5.74) is 6.47. The lowest BCUT2D eigenvalue weighted by molar-refractivity contribution is 0.0690. The number of piperidine rings is 1. The van der Waals surface area contributed by atoms with E-state index < -0.39 is 5.97 Å². The van der Waals surface area contributed by atoms with Crippen LogP contribution < -0.4 is 10.6 Å². The monoisotopic (exact) mass is 264 g/mol. The van der Waals surface area contributed by atoms with E-state index >= 15 is 0 Å². The number of hydrogen-bond acceptors (Lipinski definition) is 5. The van der Waals surface area contributed by atoms with E-state index in [2.05, 4.69) is 16.9 Å². The normalized spacial score (nSPS) is 17.4. The number of carboxylic acid groups (broad SMARTS) is 1. The minimum atomic E-state index is -1.03. The van der Waals surface area contributed by atoms with Gasteiger partial charge in [0, 0.05) is 13.1 Å². The Labute approximate surface area is 112 Å². The molecule has 0 bridgehead atoms. The Morgan fingerprint density at radius 3 is 2.68 bits per heavy atom. The van der Waals surface area contributed by atoms with Gasteiger partial charge < -0.3 is 20.6 Å². The molecule has 104 valence electrons. The highest BCUT2D eigenvalue weighted by atomic mass is 16.4. The molecule has 1 saturated heterocycles. The quantitative estimate of drug-likeness (QED) is 0.843.